The standard InChI is InChI=1S/C13H22N2.C9H12O.C3H6O/c1-3-4-6-12-7-5-8-13(9-10-14)15-11(12)2;1-3-8-5-4-7(2)9(10)6-8;1-3(2)4/h7-8H,3-6,9-10,14H2,1-2H3;4-6,10H,3H2,1-2H3;1-2H3. The van der Waals surface area contributed by atoms with Gasteiger partial charge in [0, 0.05) is 17.8 Å². The molecule has 0 saturated carbocycles. The molecule has 4 nitrogen and oxygen atoms in total. The Morgan fingerprint density at radius 1 is 1.14 bits per heavy atom. The maximum absolute atomic E-state index is 9.44. The van der Waals surface area contributed by atoms with Crippen molar-refractivity contribution in [3.63, 3.8) is 0 Å². The van der Waals surface area contributed by atoms with E-state index < -0.39 is 0 Å². The number of nitrogens with zero attached hydrogens (tertiary/aromatic N) is 1. The fourth-order valence-corrected chi connectivity index (χ4v) is 2.65. The number of benzene rings is 1. The van der Waals surface area contributed by atoms with Gasteiger partial charge in [0.2, 0.25) is 0 Å². The Kier molecular flexibility index (Phi) is 14.5. The van der Waals surface area contributed by atoms with Gasteiger partial charge in [0.15, 0.2) is 0 Å². The first-order valence-corrected chi connectivity index (χ1v) is 10.6. The maximum atomic E-state index is 9.44. The number of hydrogen-bond acceptors (Lipinski definition) is 4. The summed E-state index contributed by atoms with van der Waals surface area (Å²) in [6, 6.07) is 5.79. The number of phenolic OH excluding ortho intramolecular Hbond substituents is 1. The van der Waals surface area contributed by atoms with E-state index in [0.29, 0.717) is 12.3 Å². The van der Waals surface area contributed by atoms with Crippen LogP contribution in [-0.4, -0.2) is 23.1 Å². The number of aryl methyl sites for hydroxylation is 2. The zero-order valence-corrected chi connectivity index (χ0v) is 19.2. The Hall–Kier alpha value is -2.20. The van der Waals surface area contributed by atoms with Crippen LogP contribution in [0.1, 0.15) is 77.8 Å². The lowest BCUT2D eigenvalue weighted by Gasteiger charge is -2.05. The summed E-state index contributed by atoms with van der Waals surface area (Å²) in [6.07, 6.45) is 11.0. The highest BCUT2D eigenvalue weighted by Crippen LogP contribution is 2.18. The summed E-state index contributed by atoms with van der Waals surface area (Å²) in [5.74, 6) is 0.569. The highest BCUT2D eigenvalue weighted by molar-refractivity contribution is 5.99. The van der Waals surface area contributed by atoms with Crippen LogP contribution in [-0.2, 0) is 11.2 Å². The van der Waals surface area contributed by atoms with Gasteiger partial charge in [-0.15, -0.1) is 0 Å². The first-order chi connectivity index (χ1) is 13.7. The van der Waals surface area contributed by atoms with Crippen LogP contribution in [0.2, 0.25) is 0 Å². The molecule has 0 spiro atoms. The lowest BCUT2D eigenvalue weighted by molar-refractivity contribution is -0.114. The summed E-state index contributed by atoms with van der Waals surface area (Å²) in [7, 11) is 0. The molecular weight excluding hydrogens is 360 g/mol. The first-order valence-electron chi connectivity index (χ1n) is 10.6. The fraction of sp³-hybridized carbons (Fsp3) is 0.520. The van der Waals surface area contributed by atoms with Crippen molar-refractivity contribution in [3.05, 3.63) is 52.7 Å². The minimum atomic E-state index is 0.167. The minimum absolute atomic E-state index is 0.167. The number of unbranched alkanes of at least 4 members (excludes halogenated alkanes) is 1. The Bertz CT molecular complexity index is 712. The molecule has 0 unspecified atom stereocenters. The average Bonchev–Trinajstić information content (AvgIpc) is 2.83. The molecule has 0 saturated heterocycles. The van der Waals surface area contributed by atoms with Crippen molar-refractivity contribution in [2.75, 3.05) is 6.54 Å². The number of nitrogens with two attached hydrogens (primary N) is 1. The normalized spacial score (nSPS) is 12.9. The third kappa shape index (κ3) is 12.8. The number of allylic oxidation sites excluding steroid dienone is 3. The van der Waals surface area contributed by atoms with E-state index in [1.54, 1.807) is 0 Å². The molecule has 1 heterocycles. The van der Waals surface area contributed by atoms with Gasteiger partial charge in [0.25, 0.3) is 0 Å². The van der Waals surface area contributed by atoms with Gasteiger partial charge in [-0.1, -0.05) is 44.6 Å². The summed E-state index contributed by atoms with van der Waals surface area (Å²) in [5.41, 5.74) is 11.4. The SMILES string of the molecule is CC(C)=O.CCCCC1=CCC=C(CCN)N=C1C.CCc1ccc(C)c(O)c1. The quantitative estimate of drug-likeness (QED) is 0.609. The zero-order valence-electron chi connectivity index (χ0n) is 19.2. The molecule has 1 aromatic carbocycles. The number of carbonyl (C=O) groups is 1. The molecule has 0 amide bonds. The van der Waals surface area contributed by atoms with Gasteiger partial charge in [-0.25, -0.2) is 0 Å². The second-order valence-corrected chi connectivity index (χ2v) is 7.38. The first kappa shape index (κ1) is 26.8. The number of phenols is 1. The molecule has 0 aromatic heterocycles. The number of ketones is 1. The lowest BCUT2D eigenvalue weighted by Crippen LogP contribution is -2.01. The molecular formula is C25H40N2O2. The zero-order chi connectivity index (χ0) is 22.2. The number of carbonyl (C=O) groups excluding carboxylic acids is 1. The van der Waals surface area contributed by atoms with Crippen LogP contribution >= 0.6 is 0 Å². The smallest absolute Gasteiger partial charge is 0.126 e. The molecule has 0 atom stereocenters. The van der Waals surface area contributed by atoms with Gasteiger partial charge in [0.05, 0.1) is 0 Å². The van der Waals surface area contributed by atoms with Crippen LogP contribution in [0.3, 0.4) is 0 Å². The largest absolute Gasteiger partial charge is 0.508 e. The van der Waals surface area contributed by atoms with Gasteiger partial charge < -0.3 is 15.6 Å². The van der Waals surface area contributed by atoms with E-state index in [1.807, 2.05) is 25.1 Å². The number of rotatable bonds is 6. The summed E-state index contributed by atoms with van der Waals surface area (Å²) < 4.78 is 0. The van der Waals surface area contributed by atoms with Crippen LogP contribution in [0.25, 0.3) is 0 Å². The number of hydrogen-bond donors (Lipinski definition) is 2. The topological polar surface area (TPSA) is 75.7 Å². The van der Waals surface area contributed by atoms with Gasteiger partial charge in [0.1, 0.15) is 11.5 Å². The molecule has 4 heteroatoms. The van der Waals surface area contributed by atoms with Gasteiger partial charge in [-0.3, -0.25) is 4.99 Å². The lowest BCUT2D eigenvalue weighted by atomic mass is 10.0. The van der Waals surface area contributed by atoms with E-state index in [9.17, 15) is 9.90 Å². The molecule has 3 N–H and O–H groups in total. The number of Topliss-reactive ketones (excluding diaryl/α,β-unsaturated/α-hetero) is 1. The molecule has 1 aromatic rings. The van der Waals surface area contributed by atoms with Gasteiger partial charge >= 0.3 is 0 Å². The van der Waals surface area contributed by atoms with Crippen molar-refractivity contribution in [2.45, 2.75) is 80.1 Å². The monoisotopic (exact) mass is 400 g/mol. The minimum Gasteiger partial charge on any atom is -0.508 e. The molecule has 29 heavy (non-hydrogen) atoms. The van der Waals surface area contributed by atoms with Crippen molar-refractivity contribution in [3.8, 4) is 5.75 Å². The summed E-state index contributed by atoms with van der Waals surface area (Å²) >= 11 is 0. The molecule has 1 aliphatic heterocycles. The Morgan fingerprint density at radius 2 is 1.79 bits per heavy atom. The van der Waals surface area contributed by atoms with Crippen LogP contribution < -0.4 is 5.73 Å². The van der Waals surface area contributed by atoms with Crippen molar-refractivity contribution >= 4 is 11.5 Å². The second-order valence-electron chi connectivity index (χ2n) is 7.38. The average molecular weight is 401 g/mol. The molecule has 2 rings (SSSR count). The third-order valence-electron chi connectivity index (χ3n) is 4.38. The van der Waals surface area contributed by atoms with E-state index in [-0.39, 0.29) is 5.78 Å². The molecule has 0 bridgehead atoms. The third-order valence-corrected chi connectivity index (χ3v) is 4.38. The maximum Gasteiger partial charge on any atom is 0.126 e. The fourth-order valence-electron chi connectivity index (χ4n) is 2.65. The molecule has 0 aliphatic carbocycles. The predicted molar refractivity (Wildman–Crippen MR) is 126 cm³/mol. The van der Waals surface area contributed by atoms with Crippen LogP contribution in [0.4, 0.5) is 0 Å². The predicted octanol–water partition coefficient (Wildman–Crippen LogP) is 6.06. The second kappa shape index (κ2) is 15.7. The van der Waals surface area contributed by atoms with Crippen molar-refractivity contribution in [1.29, 1.82) is 0 Å². The van der Waals surface area contributed by atoms with E-state index in [2.05, 4.69) is 37.9 Å². The highest BCUT2D eigenvalue weighted by Gasteiger charge is 2.05. The van der Waals surface area contributed by atoms with Crippen molar-refractivity contribution < 1.29 is 9.90 Å². The van der Waals surface area contributed by atoms with E-state index >= 15 is 0 Å². The van der Waals surface area contributed by atoms with Crippen molar-refractivity contribution in [1.82, 2.24) is 0 Å². The van der Waals surface area contributed by atoms with Crippen molar-refractivity contribution in [2.24, 2.45) is 10.7 Å². The van der Waals surface area contributed by atoms with Crippen LogP contribution in [0, 0.1) is 6.92 Å². The summed E-state index contributed by atoms with van der Waals surface area (Å²) in [6.45, 7) is 12.0. The molecule has 0 radical (unpaired) electrons. The van der Waals surface area contributed by atoms with Crippen LogP contribution in [0.15, 0.2) is 46.6 Å². The van der Waals surface area contributed by atoms with Crippen LogP contribution in [0.5, 0.6) is 5.75 Å². The van der Waals surface area contributed by atoms with E-state index in [1.165, 1.54) is 43.5 Å². The Labute approximate surface area is 177 Å². The number of aliphatic imine (C=N–C) groups is 1. The summed E-state index contributed by atoms with van der Waals surface area (Å²) in [5, 5.41) is 9.23. The molecule has 162 valence electrons. The van der Waals surface area contributed by atoms with E-state index in [4.69, 9.17) is 5.73 Å². The Morgan fingerprint density at radius 3 is 2.31 bits per heavy atom. The number of aromatic hydroxyl groups is 1. The summed E-state index contributed by atoms with van der Waals surface area (Å²) in [4.78, 5) is 14.1. The molecule has 1 aliphatic rings. The van der Waals surface area contributed by atoms with Gasteiger partial charge in [-0.2, -0.15) is 0 Å². The van der Waals surface area contributed by atoms with Gasteiger partial charge in [-0.05, 0) is 82.7 Å². The molecule has 0 fully saturated rings. The van der Waals surface area contributed by atoms with E-state index in [0.717, 1.165) is 36.9 Å². The Balaban J connectivity index is 0.000000481. The highest BCUT2D eigenvalue weighted by atomic mass is 16.3.